The zero-order valence-electron chi connectivity index (χ0n) is 11.4. The summed E-state index contributed by atoms with van der Waals surface area (Å²) in [5, 5.41) is 7.98. The smallest absolute Gasteiger partial charge is 0.254 e. The van der Waals surface area contributed by atoms with E-state index < -0.39 is 11.3 Å². The van der Waals surface area contributed by atoms with Crippen molar-refractivity contribution in [1.82, 2.24) is 10.2 Å². The predicted molar refractivity (Wildman–Crippen MR) is 74.1 cm³/mol. The van der Waals surface area contributed by atoms with Gasteiger partial charge in [0.25, 0.3) is 5.92 Å². The summed E-state index contributed by atoms with van der Waals surface area (Å²) in [6.45, 7) is 0. The zero-order valence-corrected chi connectivity index (χ0v) is 12.3. The van der Waals surface area contributed by atoms with E-state index in [1.807, 2.05) is 6.07 Å². The molecule has 0 aliphatic heterocycles. The number of thioether (sulfide) groups is 1. The van der Waals surface area contributed by atoms with Crippen molar-refractivity contribution in [3.8, 4) is 5.88 Å². The first kappa shape index (κ1) is 14.0. The van der Waals surface area contributed by atoms with E-state index in [0.29, 0.717) is 24.6 Å². The summed E-state index contributed by atoms with van der Waals surface area (Å²) in [6.07, 6.45) is 2.46. The van der Waals surface area contributed by atoms with Gasteiger partial charge in [0.1, 0.15) is 0 Å². The number of aromatic nitrogens is 2. The molecule has 2 atom stereocenters. The number of halogens is 2. The SMILES string of the molecule is COc1ccc(CSCC2CCC3(C2)CC3(F)F)nn1. The van der Waals surface area contributed by atoms with Gasteiger partial charge >= 0.3 is 0 Å². The highest BCUT2D eigenvalue weighted by Crippen LogP contribution is 2.69. The van der Waals surface area contributed by atoms with Gasteiger partial charge in [-0.25, -0.2) is 8.78 Å². The van der Waals surface area contributed by atoms with Crippen LogP contribution in [0.2, 0.25) is 0 Å². The van der Waals surface area contributed by atoms with E-state index in [2.05, 4.69) is 10.2 Å². The number of ether oxygens (including phenoxy) is 1. The Labute approximate surface area is 121 Å². The third-order valence-electron chi connectivity index (χ3n) is 4.43. The average molecular weight is 300 g/mol. The van der Waals surface area contributed by atoms with Gasteiger partial charge in [0, 0.05) is 23.7 Å². The Morgan fingerprint density at radius 1 is 1.40 bits per heavy atom. The van der Waals surface area contributed by atoms with Crippen molar-refractivity contribution in [2.24, 2.45) is 11.3 Å². The zero-order chi connectivity index (χ0) is 14.2. The van der Waals surface area contributed by atoms with Gasteiger partial charge in [-0.05, 0) is 37.0 Å². The van der Waals surface area contributed by atoms with E-state index in [0.717, 1.165) is 23.6 Å². The molecule has 2 unspecified atom stereocenters. The molecule has 3 nitrogen and oxygen atoms in total. The molecule has 2 aliphatic rings. The monoisotopic (exact) mass is 300 g/mol. The standard InChI is InChI=1S/C14H18F2N2OS/c1-19-12-3-2-11(17-18-12)8-20-7-10-4-5-13(6-10)9-14(13,15)16/h2-3,10H,4-9H2,1H3. The Balaban J connectivity index is 1.42. The Bertz CT molecular complexity index is 483. The van der Waals surface area contributed by atoms with Crippen LogP contribution in [0.3, 0.4) is 0 Å². The lowest BCUT2D eigenvalue weighted by Crippen LogP contribution is -2.07. The van der Waals surface area contributed by atoms with Crippen molar-refractivity contribution in [3.63, 3.8) is 0 Å². The molecule has 1 aromatic heterocycles. The summed E-state index contributed by atoms with van der Waals surface area (Å²) in [4.78, 5) is 0. The second-order valence-electron chi connectivity index (χ2n) is 5.85. The first-order chi connectivity index (χ1) is 9.55. The molecule has 2 fully saturated rings. The lowest BCUT2D eigenvalue weighted by Gasteiger charge is -2.10. The van der Waals surface area contributed by atoms with Crippen LogP contribution in [0.1, 0.15) is 31.4 Å². The largest absolute Gasteiger partial charge is 0.480 e. The third kappa shape index (κ3) is 2.62. The summed E-state index contributed by atoms with van der Waals surface area (Å²) >= 11 is 1.76. The molecule has 0 bridgehead atoms. The highest BCUT2D eigenvalue weighted by Gasteiger charge is 2.72. The van der Waals surface area contributed by atoms with Crippen molar-refractivity contribution in [3.05, 3.63) is 17.8 Å². The number of methoxy groups -OCH3 is 1. The summed E-state index contributed by atoms with van der Waals surface area (Å²) in [6, 6.07) is 3.68. The van der Waals surface area contributed by atoms with Gasteiger partial charge in [0.2, 0.25) is 5.88 Å². The van der Waals surface area contributed by atoms with Gasteiger partial charge in [0.15, 0.2) is 0 Å². The second kappa shape index (κ2) is 5.13. The molecule has 0 N–H and O–H groups in total. The normalized spacial score (nSPS) is 30.6. The number of rotatable bonds is 5. The topological polar surface area (TPSA) is 35.0 Å². The van der Waals surface area contributed by atoms with E-state index in [9.17, 15) is 8.78 Å². The quantitative estimate of drug-likeness (QED) is 0.833. The molecule has 110 valence electrons. The van der Waals surface area contributed by atoms with E-state index >= 15 is 0 Å². The van der Waals surface area contributed by atoms with Gasteiger partial charge in [-0.3, -0.25) is 0 Å². The molecular weight excluding hydrogens is 282 g/mol. The fourth-order valence-electron chi connectivity index (χ4n) is 3.12. The molecule has 1 aromatic rings. The number of hydrogen-bond acceptors (Lipinski definition) is 4. The Morgan fingerprint density at radius 3 is 2.75 bits per heavy atom. The van der Waals surface area contributed by atoms with Gasteiger partial charge < -0.3 is 4.74 Å². The summed E-state index contributed by atoms with van der Waals surface area (Å²) in [5.41, 5.74) is 0.276. The maximum atomic E-state index is 13.3. The van der Waals surface area contributed by atoms with Crippen LogP contribution in [-0.2, 0) is 5.75 Å². The molecule has 3 rings (SSSR count). The van der Waals surface area contributed by atoms with Gasteiger partial charge in [0.05, 0.1) is 12.8 Å². The Kier molecular flexibility index (Phi) is 3.60. The van der Waals surface area contributed by atoms with Crippen LogP contribution >= 0.6 is 11.8 Å². The van der Waals surface area contributed by atoms with Crippen LogP contribution in [0, 0.1) is 11.3 Å². The molecule has 6 heteroatoms. The number of nitrogens with zero attached hydrogens (tertiary/aromatic N) is 2. The highest BCUT2D eigenvalue weighted by atomic mass is 32.2. The molecule has 1 heterocycles. The van der Waals surface area contributed by atoms with Crippen LogP contribution < -0.4 is 4.74 Å². The summed E-state index contributed by atoms with van der Waals surface area (Å²) < 4.78 is 31.5. The second-order valence-corrected chi connectivity index (χ2v) is 6.88. The van der Waals surface area contributed by atoms with Crippen LogP contribution in [0.15, 0.2) is 12.1 Å². The van der Waals surface area contributed by atoms with E-state index in [1.54, 1.807) is 24.9 Å². The minimum absolute atomic E-state index is 0.116. The molecule has 0 radical (unpaired) electrons. The highest BCUT2D eigenvalue weighted by molar-refractivity contribution is 7.98. The molecule has 1 spiro atoms. The first-order valence-corrected chi connectivity index (χ1v) is 8.02. The van der Waals surface area contributed by atoms with Gasteiger partial charge in [-0.15, -0.1) is 5.10 Å². The minimum atomic E-state index is -2.38. The average Bonchev–Trinajstić information content (AvgIpc) is 2.77. The van der Waals surface area contributed by atoms with Crippen molar-refractivity contribution in [2.45, 2.75) is 37.4 Å². The molecule has 0 saturated heterocycles. The number of alkyl halides is 2. The van der Waals surface area contributed by atoms with Crippen LogP contribution in [0.5, 0.6) is 5.88 Å². The Hall–Kier alpha value is -0.910. The molecule has 20 heavy (non-hydrogen) atoms. The molecule has 2 saturated carbocycles. The minimum Gasteiger partial charge on any atom is -0.480 e. The van der Waals surface area contributed by atoms with Crippen molar-refractivity contribution in [1.29, 1.82) is 0 Å². The van der Waals surface area contributed by atoms with Crippen LogP contribution in [0.4, 0.5) is 8.78 Å². The van der Waals surface area contributed by atoms with Crippen LogP contribution in [-0.4, -0.2) is 29.0 Å². The molecular formula is C14H18F2N2OS. The first-order valence-electron chi connectivity index (χ1n) is 6.87. The predicted octanol–water partition coefficient (Wildman–Crippen LogP) is 3.54. The lowest BCUT2D eigenvalue weighted by molar-refractivity contribution is 0.0648. The van der Waals surface area contributed by atoms with Crippen molar-refractivity contribution >= 4 is 11.8 Å². The van der Waals surface area contributed by atoms with Gasteiger partial charge in [-0.2, -0.15) is 16.9 Å². The van der Waals surface area contributed by atoms with Gasteiger partial charge in [-0.1, -0.05) is 0 Å². The van der Waals surface area contributed by atoms with E-state index in [1.165, 1.54) is 0 Å². The van der Waals surface area contributed by atoms with Crippen molar-refractivity contribution in [2.75, 3.05) is 12.9 Å². The summed E-state index contributed by atoms with van der Waals surface area (Å²) in [5.74, 6) is 0.267. The fourth-order valence-corrected chi connectivity index (χ4v) is 4.22. The molecule has 0 amide bonds. The van der Waals surface area contributed by atoms with Crippen LogP contribution in [0.25, 0.3) is 0 Å². The third-order valence-corrected chi connectivity index (χ3v) is 5.64. The number of hydrogen-bond donors (Lipinski definition) is 0. The van der Waals surface area contributed by atoms with E-state index in [4.69, 9.17) is 4.74 Å². The van der Waals surface area contributed by atoms with Crippen molar-refractivity contribution < 1.29 is 13.5 Å². The molecule has 2 aliphatic carbocycles. The maximum Gasteiger partial charge on any atom is 0.254 e. The molecule has 0 aromatic carbocycles. The maximum absolute atomic E-state index is 13.3. The van der Waals surface area contributed by atoms with E-state index in [-0.39, 0.29) is 6.42 Å². The fraction of sp³-hybridized carbons (Fsp3) is 0.714. The lowest BCUT2D eigenvalue weighted by atomic mass is 10.0. The summed E-state index contributed by atoms with van der Waals surface area (Å²) in [7, 11) is 1.56. The Morgan fingerprint density at radius 2 is 2.20 bits per heavy atom.